The number of hydrogen-bond donors (Lipinski definition) is 2. The summed E-state index contributed by atoms with van der Waals surface area (Å²) in [4.78, 5) is 11.0. The summed E-state index contributed by atoms with van der Waals surface area (Å²) in [5, 5.41) is 9.66. The molecule has 0 amide bonds. The third-order valence-corrected chi connectivity index (χ3v) is 2.68. The Bertz CT molecular complexity index is 750. The zero-order chi connectivity index (χ0) is 17.5. The van der Waals surface area contributed by atoms with Gasteiger partial charge in [-0.15, -0.1) is 0 Å². The van der Waals surface area contributed by atoms with Crippen LogP contribution in [0.3, 0.4) is 0 Å². The monoisotopic (exact) mass is 376 g/mol. The first-order valence-electron chi connectivity index (χ1n) is 6.29. The molecule has 7 nitrogen and oxygen atoms in total. The number of para-hydroxylation sites is 1. The molecule has 2 rings (SSSR count). The van der Waals surface area contributed by atoms with Gasteiger partial charge in [0.05, 0.1) is 6.26 Å². The molecule has 0 atom stereocenters. The lowest BCUT2D eigenvalue weighted by atomic mass is 10.2. The van der Waals surface area contributed by atoms with Crippen LogP contribution in [-0.4, -0.2) is 35.8 Å². The predicted octanol–water partition coefficient (Wildman–Crippen LogP) is 2.30. The molecular weight excluding hydrogens is 360 g/mol. The van der Waals surface area contributed by atoms with E-state index in [1.165, 1.54) is 6.07 Å². The molecule has 0 unspecified atom stereocenters. The SMILES string of the molecule is CS(=O)(=O)O.O.O=C(O)c1ccccc1OCc1ccc(Cl)cc1. The Morgan fingerprint density at radius 1 is 1.12 bits per heavy atom. The van der Waals surface area contributed by atoms with Gasteiger partial charge in [0.25, 0.3) is 10.1 Å². The maximum Gasteiger partial charge on any atom is 0.339 e. The molecular formula is C15H17ClO7S. The summed E-state index contributed by atoms with van der Waals surface area (Å²) in [6, 6.07) is 13.8. The third-order valence-electron chi connectivity index (χ3n) is 2.43. The standard InChI is InChI=1S/C14H11ClO3.CH4O3S.H2O/c15-11-7-5-10(6-8-11)9-18-13-4-2-1-3-12(13)14(16)17;1-5(2,3)4;/h1-8H,9H2,(H,16,17);1H3,(H,2,3,4);1H2. The fraction of sp³-hybridized carbons (Fsp3) is 0.133. The van der Waals surface area contributed by atoms with Gasteiger partial charge in [0, 0.05) is 5.02 Å². The van der Waals surface area contributed by atoms with Crippen molar-refractivity contribution >= 4 is 27.7 Å². The van der Waals surface area contributed by atoms with Crippen molar-refractivity contribution in [2.45, 2.75) is 6.61 Å². The number of hydrogen-bond acceptors (Lipinski definition) is 4. The zero-order valence-electron chi connectivity index (χ0n) is 12.6. The number of carboxylic acid groups (broad SMARTS) is 1. The summed E-state index contributed by atoms with van der Waals surface area (Å²) in [7, 11) is -3.67. The van der Waals surface area contributed by atoms with Crippen LogP contribution in [0.25, 0.3) is 0 Å². The summed E-state index contributed by atoms with van der Waals surface area (Å²) in [5.41, 5.74) is 1.09. The Hall–Kier alpha value is -2.13. The van der Waals surface area contributed by atoms with Gasteiger partial charge in [-0.1, -0.05) is 35.9 Å². The average molecular weight is 377 g/mol. The minimum Gasteiger partial charge on any atom is -0.488 e. The number of carboxylic acids is 1. The van der Waals surface area contributed by atoms with E-state index in [9.17, 15) is 13.2 Å². The van der Waals surface area contributed by atoms with Crippen molar-refractivity contribution in [2.75, 3.05) is 6.26 Å². The predicted molar refractivity (Wildman–Crippen MR) is 90.3 cm³/mol. The Balaban J connectivity index is 0.000000777. The van der Waals surface area contributed by atoms with E-state index in [0.29, 0.717) is 23.6 Å². The minimum absolute atomic E-state index is 0. The fourth-order valence-electron chi connectivity index (χ4n) is 1.51. The van der Waals surface area contributed by atoms with Gasteiger partial charge in [-0.3, -0.25) is 4.55 Å². The van der Waals surface area contributed by atoms with Crippen LogP contribution in [0.5, 0.6) is 5.75 Å². The second-order valence-electron chi connectivity index (χ2n) is 4.45. The molecule has 0 saturated carbocycles. The molecule has 0 spiro atoms. The van der Waals surface area contributed by atoms with Gasteiger partial charge in [-0.05, 0) is 29.8 Å². The van der Waals surface area contributed by atoms with Crippen molar-refractivity contribution in [3.8, 4) is 5.75 Å². The Kier molecular flexibility index (Phi) is 9.01. The molecule has 2 aromatic carbocycles. The van der Waals surface area contributed by atoms with E-state index < -0.39 is 16.1 Å². The first-order chi connectivity index (χ1) is 10.7. The second-order valence-corrected chi connectivity index (χ2v) is 6.35. The van der Waals surface area contributed by atoms with Crippen LogP contribution in [0, 0.1) is 0 Å². The molecule has 0 aliphatic heterocycles. The van der Waals surface area contributed by atoms with Crippen LogP contribution in [0.15, 0.2) is 48.5 Å². The average Bonchev–Trinajstić information content (AvgIpc) is 2.45. The number of benzene rings is 2. The van der Waals surface area contributed by atoms with Gasteiger partial charge < -0.3 is 15.3 Å². The maximum atomic E-state index is 11.0. The second kappa shape index (κ2) is 9.89. The smallest absolute Gasteiger partial charge is 0.339 e. The molecule has 24 heavy (non-hydrogen) atoms. The van der Waals surface area contributed by atoms with Crippen LogP contribution >= 0.6 is 11.6 Å². The Morgan fingerprint density at radius 3 is 2.12 bits per heavy atom. The van der Waals surface area contributed by atoms with E-state index in [4.69, 9.17) is 26.0 Å². The number of rotatable bonds is 4. The van der Waals surface area contributed by atoms with Crippen molar-refractivity contribution < 1.29 is 33.1 Å². The Morgan fingerprint density at radius 2 is 1.62 bits per heavy atom. The highest BCUT2D eigenvalue weighted by atomic mass is 35.5. The van der Waals surface area contributed by atoms with E-state index >= 15 is 0 Å². The molecule has 0 heterocycles. The fourth-order valence-corrected chi connectivity index (χ4v) is 1.64. The maximum absolute atomic E-state index is 11.0. The lowest BCUT2D eigenvalue weighted by molar-refractivity contribution is 0.0691. The van der Waals surface area contributed by atoms with Crippen LogP contribution in [0.1, 0.15) is 15.9 Å². The van der Waals surface area contributed by atoms with E-state index in [0.717, 1.165) is 5.56 Å². The highest BCUT2D eigenvalue weighted by Crippen LogP contribution is 2.19. The van der Waals surface area contributed by atoms with Gasteiger partial charge in [0.1, 0.15) is 17.9 Å². The van der Waals surface area contributed by atoms with E-state index in [1.54, 1.807) is 30.3 Å². The highest BCUT2D eigenvalue weighted by Gasteiger charge is 2.09. The van der Waals surface area contributed by atoms with Crippen LogP contribution < -0.4 is 4.74 Å². The third kappa shape index (κ3) is 9.11. The van der Waals surface area contributed by atoms with Crippen molar-refractivity contribution in [1.82, 2.24) is 0 Å². The highest BCUT2D eigenvalue weighted by molar-refractivity contribution is 7.85. The molecule has 0 aliphatic rings. The minimum atomic E-state index is -3.67. The number of halogens is 1. The van der Waals surface area contributed by atoms with Gasteiger partial charge in [0.15, 0.2) is 0 Å². The van der Waals surface area contributed by atoms with Gasteiger partial charge in [-0.25, -0.2) is 4.79 Å². The molecule has 9 heteroatoms. The number of ether oxygens (including phenoxy) is 1. The summed E-state index contributed by atoms with van der Waals surface area (Å²) >= 11 is 5.78. The first-order valence-corrected chi connectivity index (χ1v) is 8.51. The van der Waals surface area contributed by atoms with Crippen LogP contribution in [-0.2, 0) is 16.7 Å². The van der Waals surface area contributed by atoms with E-state index in [2.05, 4.69) is 0 Å². The van der Waals surface area contributed by atoms with Gasteiger partial charge in [-0.2, -0.15) is 8.42 Å². The number of carbonyl (C=O) groups is 1. The summed E-state index contributed by atoms with van der Waals surface area (Å²) in [6.45, 7) is 0.307. The largest absolute Gasteiger partial charge is 0.488 e. The normalized spacial score (nSPS) is 9.96. The Labute approximate surface area is 144 Å². The summed E-state index contributed by atoms with van der Waals surface area (Å²) in [6.07, 6.45) is 0.715. The van der Waals surface area contributed by atoms with Crippen LogP contribution in [0.4, 0.5) is 0 Å². The topological polar surface area (TPSA) is 132 Å². The molecule has 2 aromatic rings. The molecule has 4 N–H and O–H groups in total. The quantitative estimate of drug-likeness (QED) is 0.786. The van der Waals surface area contributed by atoms with Crippen LogP contribution in [0.2, 0.25) is 5.02 Å². The van der Waals surface area contributed by atoms with Gasteiger partial charge >= 0.3 is 5.97 Å². The molecule has 0 saturated heterocycles. The zero-order valence-corrected chi connectivity index (χ0v) is 14.2. The van der Waals surface area contributed by atoms with Crippen molar-refractivity contribution in [3.05, 3.63) is 64.7 Å². The summed E-state index contributed by atoms with van der Waals surface area (Å²) < 4.78 is 31.4. The van der Waals surface area contributed by atoms with Crippen molar-refractivity contribution in [3.63, 3.8) is 0 Å². The van der Waals surface area contributed by atoms with Crippen molar-refractivity contribution in [2.24, 2.45) is 0 Å². The molecule has 0 radical (unpaired) electrons. The van der Waals surface area contributed by atoms with E-state index in [1.807, 2.05) is 12.1 Å². The molecule has 0 aromatic heterocycles. The molecule has 132 valence electrons. The molecule has 0 aliphatic carbocycles. The van der Waals surface area contributed by atoms with Gasteiger partial charge in [0.2, 0.25) is 0 Å². The first kappa shape index (κ1) is 21.9. The summed E-state index contributed by atoms with van der Waals surface area (Å²) in [5.74, 6) is -0.637. The number of aromatic carboxylic acids is 1. The van der Waals surface area contributed by atoms with Crippen molar-refractivity contribution in [1.29, 1.82) is 0 Å². The lowest BCUT2D eigenvalue weighted by Crippen LogP contribution is -2.03. The van der Waals surface area contributed by atoms with E-state index in [-0.39, 0.29) is 11.0 Å². The molecule has 0 fully saturated rings. The molecule has 0 bridgehead atoms. The lowest BCUT2D eigenvalue weighted by Gasteiger charge is -2.08.